The summed E-state index contributed by atoms with van der Waals surface area (Å²) in [5.41, 5.74) is 2.49. The summed E-state index contributed by atoms with van der Waals surface area (Å²) < 4.78 is 38.3. The average Bonchev–Trinajstić information content (AvgIpc) is 2.95. The van der Waals surface area contributed by atoms with Crippen LogP contribution in [0.4, 0.5) is 0 Å². The van der Waals surface area contributed by atoms with Gasteiger partial charge < -0.3 is 9.47 Å². The normalized spacial score (nSPS) is 16.5. The van der Waals surface area contributed by atoms with E-state index in [2.05, 4.69) is 36.1 Å². The smallest absolute Gasteiger partial charge is 0.243 e. The highest BCUT2D eigenvalue weighted by atomic mass is 32.2. The second kappa shape index (κ2) is 8.94. The lowest BCUT2D eigenvalue weighted by atomic mass is 10.1. The number of benzene rings is 2. The first-order valence-electron chi connectivity index (χ1n) is 9.44. The van der Waals surface area contributed by atoms with Crippen LogP contribution in [0.2, 0.25) is 0 Å². The van der Waals surface area contributed by atoms with Crippen molar-refractivity contribution < 1.29 is 17.9 Å². The third kappa shape index (κ3) is 4.66. The van der Waals surface area contributed by atoms with Crippen LogP contribution in [0.25, 0.3) is 0 Å². The quantitative estimate of drug-likeness (QED) is 0.741. The van der Waals surface area contributed by atoms with Gasteiger partial charge >= 0.3 is 0 Å². The fourth-order valence-electron chi connectivity index (χ4n) is 3.42. The third-order valence-electron chi connectivity index (χ3n) is 5.07. The number of rotatable bonds is 6. The highest BCUT2D eigenvalue weighted by Gasteiger charge is 2.27. The molecule has 3 rings (SSSR count). The molecule has 28 heavy (non-hydrogen) atoms. The number of methoxy groups -OCH3 is 2. The van der Waals surface area contributed by atoms with Crippen molar-refractivity contribution >= 4 is 10.0 Å². The van der Waals surface area contributed by atoms with Gasteiger partial charge in [-0.3, -0.25) is 4.90 Å². The molecule has 1 fully saturated rings. The second-order valence-electron chi connectivity index (χ2n) is 7.04. The van der Waals surface area contributed by atoms with E-state index in [1.54, 1.807) is 16.4 Å². The Hall–Kier alpha value is -2.09. The topological polar surface area (TPSA) is 59.1 Å². The van der Waals surface area contributed by atoms with Crippen LogP contribution in [0, 0.1) is 6.92 Å². The molecule has 1 aliphatic heterocycles. The molecule has 0 saturated carbocycles. The minimum absolute atomic E-state index is 0.233. The predicted molar refractivity (Wildman–Crippen MR) is 109 cm³/mol. The van der Waals surface area contributed by atoms with E-state index in [0.717, 1.165) is 19.5 Å². The molecule has 2 aromatic rings. The largest absolute Gasteiger partial charge is 0.493 e. The van der Waals surface area contributed by atoms with Crippen LogP contribution in [0.3, 0.4) is 0 Å². The molecular weight excluding hydrogens is 376 g/mol. The molecule has 152 valence electrons. The van der Waals surface area contributed by atoms with Gasteiger partial charge in [-0.05, 0) is 37.6 Å². The molecule has 2 aromatic carbocycles. The van der Waals surface area contributed by atoms with E-state index in [1.165, 1.54) is 31.4 Å². The van der Waals surface area contributed by atoms with Gasteiger partial charge in [-0.2, -0.15) is 4.31 Å². The minimum Gasteiger partial charge on any atom is -0.493 e. The van der Waals surface area contributed by atoms with Gasteiger partial charge in [-0.15, -0.1) is 0 Å². The van der Waals surface area contributed by atoms with Crippen LogP contribution in [0.5, 0.6) is 11.5 Å². The molecule has 7 heteroatoms. The lowest BCUT2D eigenvalue weighted by molar-refractivity contribution is 0.278. The van der Waals surface area contributed by atoms with Crippen molar-refractivity contribution in [3.8, 4) is 11.5 Å². The molecule has 6 nitrogen and oxygen atoms in total. The Morgan fingerprint density at radius 2 is 1.61 bits per heavy atom. The van der Waals surface area contributed by atoms with E-state index in [4.69, 9.17) is 9.47 Å². The van der Waals surface area contributed by atoms with Crippen molar-refractivity contribution in [1.82, 2.24) is 9.21 Å². The lowest BCUT2D eigenvalue weighted by Gasteiger charge is -2.22. The van der Waals surface area contributed by atoms with E-state index < -0.39 is 10.0 Å². The molecule has 0 spiro atoms. The maximum absolute atomic E-state index is 13.1. The van der Waals surface area contributed by atoms with Gasteiger partial charge in [-0.25, -0.2) is 8.42 Å². The van der Waals surface area contributed by atoms with Crippen LogP contribution in [-0.4, -0.2) is 58.0 Å². The van der Waals surface area contributed by atoms with E-state index in [9.17, 15) is 8.42 Å². The molecule has 0 N–H and O–H groups in total. The average molecular weight is 405 g/mol. The van der Waals surface area contributed by atoms with Crippen LogP contribution in [-0.2, 0) is 16.6 Å². The summed E-state index contributed by atoms with van der Waals surface area (Å²) in [6.07, 6.45) is 0.804. The summed E-state index contributed by atoms with van der Waals surface area (Å²) in [7, 11) is -0.539. The van der Waals surface area contributed by atoms with Crippen LogP contribution in [0.15, 0.2) is 47.4 Å². The van der Waals surface area contributed by atoms with Gasteiger partial charge in [0.05, 0.1) is 19.1 Å². The first kappa shape index (κ1) is 20.6. The summed E-state index contributed by atoms with van der Waals surface area (Å²) in [4.78, 5) is 2.55. The maximum Gasteiger partial charge on any atom is 0.243 e. The van der Waals surface area contributed by atoms with Crippen molar-refractivity contribution in [1.29, 1.82) is 0 Å². The molecule has 1 aliphatic rings. The Labute approximate surface area is 167 Å². The molecule has 0 atom stereocenters. The fraction of sp³-hybridized carbons (Fsp3) is 0.429. The van der Waals surface area contributed by atoms with Gasteiger partial charge in [0.1, 0.15) is 0 Å². The molecule has 1 heterocycles. The van der Waals surface area contributed by atoms with Crippen molar-refractivity contribution in [2.24, 2.45) is 0 Å². The zero-order valence-electron chi connectivity index (χ0n) is 16.7. The number of hydrogen-bond donors (Lipinski definition) is 0. The Morgan fingerprint density at radius 1 is 0.893 bits per heavy atom. The molecular formula is C21H28N2O4S. The molecule has 0 unspecified atom stereocenters. The minimum atomic E-state index is -3.57. The number of ether oxygens (including phenoxy) is 2. The molecule has 0 amide bonds. The molecule has 0 radical (unpaired) electrons. The number of hydrogen-bond acceptors (Lipinski definition) is 5. The van der Waals surface area contributed by atoms with Crippen LogP contribution in [0.1, 0.15) is 17.5 Å². The van der Waals surface area contributed by atoms with Gasteiger partial charge in [-0.1, -0.05) is 29.8 Å². The monoisotopic (exact) mass is 404 g/mol. The Balaban J connectivity index is 1.71. The molecule has 0 aromatic heterocycles. The maximum atomic E-state index is 13.1. The summed E-state index contributed by atoms with van der Waals surface area (Å²) in [5.74, 6) is 0.931. The van der Waals surface area contributed by atoms with Crippen LogP contribution < -0.4 is 9.47 Å². The predicted octanol–water partition coefficient (Wildman–Crippen LogP) is 2.91. The molecule has 0 aliphatic carbocycles. The Morgan fingerprint density at radius 3 is 2.29 bits per heavy atom. The summed E-state index contributed by atoms with van der Waals surface area (Å²) in [5, 5.41) is 0. The highest BCUT2D eigenvalue weighted by Crippen LogP contribution is 2.31. The van der Waals surface area contributed by atoms with E-state index in [0.29, 0.717) is 31.1 Å². The fourth-order valence-corrected chi connectivity index (χ4v) is 4.91. The van der Waals surface area contributed by atoms with E-state index in [-0.39, 0.29) is 4.90 Å². The van der Waals surface area contributed by atoms with Crippen molar-refractivity contribution in [3.63, 3.8) is 0 Å². The number of sulfonamides is 1. The first-order valence-corrected chi connectivity index (χ1v) is 10.9. The molecule has 1 saturated heterocycles. The Bertz CT molecular complexity index is 897. The SMILES string of the molecule is COc1ccc(S(=O)(=O)N2CCCN(Cc3ccc(C)cc3)CC2)cc1OC. The zero-order chi connectivity index (χ0) is 20.1. The molecule has 0 bridgehead atoms. The van der Waals surface area contributed by atoms with Gasteiger partial charge in [0, 0.05) is 32.2 Å². The van der Waals surface area contributed by atoms with Gasteiger partial charge in [0.25, 0.3) is 0 Å². The Kier molecular flexibility index (Phi) is 6.59. The lowest BCUT2D eigenvalue weighted by Crippen LogP contribution is -2.35. The van der Waals surface area contributed by atoms with E-state index in [1.807, 2.05) is 0 Å². The first-order chi connectivity index (χ1) is 13.4. The van der Waals surface area contributed by atoms with Gasteiger partial charge in [0.2, 0.25) is 10.0 Å². The number of aryl methyl sites for hydroxylation is 1. The van der Waals surface area contributed by atoms with Crippen LogP contribution >= 0.6 is 0 Å². The summed E-state index contributed by atoms with van der Waals surface area (Å²) in [6.45, 7) is 5.49. The number of nitrogens with zero attached hydrogens (tertiary/aromatic N) is 2. The van der Waals surface area contributed by atoms with Crippen molar-refractivity contribution in [2.45, 2.75) is 24.8 Å². The highest BCUT2D eigenvalue weighted by molar-refractivity contribution is 7.89. The third-order valence-corrected chi connectivity index (χ3v) is 6.96. The standard InChI is InChI=1S/C21H28N2O4S/c1-17-5-7-18(8-6-17)16-22-11-4-12-23(14-13-22)28(24,25)19-9-10-20(26-2)21(15-19)27-3/h5-10,15H,4,11-14,16H2,1-3H3. The van der Waals surface area contributed by atoms with E-state index >= 15 is 0 Å². The van der Waals surface area contributed by atoms with Crippen molar-refractivity contribution in [3.05, 3.63) is 53.6 Å². The van der Waals surface area contributed by atoms with Gasteiger partial charge in [0.15, 0.2) is 11.5 Å². The van der Waals surface area contributed by atoms with Crippen molar-refractivity contribution in [2.75, 3.05) is 40.4 Å². The summed E-state index contributed by atoms with van der Waals surface area (Å²) in [6, 6.07) is 13.2. The summed E-state index contributed by atoms with van der Waals surface area (Å²) >= 11 is 0. The second-order valence-corrected chi connectivity index (χ2v) is 8.97. The zero-order valence-corrected chi connectivity index (χ0v) is 17.5.